The van der Waals surface area contributed by atoms with Gasteiger partial charge in [0, 0.05) is 18.5 Å². The van der Waals surface area contributed by atoms with Crippen molar-refractivity contribution in [3.8, 4) is 0 Å². The Labute approximate surface area is 113 Å². The number of primary amides is 1. The fourth-order valence-corrected chi connectivity index (χ4v) is 2.35. The number of nitrogens with zero attached hydrogens (tertiary/aromatic N) is 1. The smallest absolute Gasteiger partial charge is 0.218 e. The largest absolute Gasteiger partial charge is 0.370 e. The van der Waals surface area contributed by atoms with Crippen LogP contribution in [0.25, 0.3) is 0 Å². The second kappa shape index (κ2) is 5.65. The van der Waals surface area contributed by atoms with E-state index in [4.69, 9.17) is 5.73 Å². The van der Waals surface area contributed by atoms with Crippen molar-refractivity contribution in [2.45, 2.75) is 26.2 Å². The van der Waals surface area contributed by atoms with Gasteiger partial charge in [0.25, 0.3) is 0 Å². The number of aromatic nitrogens is 1. The summed E-state index contributed by atoms with van der Waals surface area (Å²) in [6.45, 7) is 4.03. The van der Waals surface area contributed by atoms with E-state index in [0.29, 0.717) is 0 Å². The Morgan fingerprint density at radius 1 is 1.26 bits per heavy atom. The normalized spacial score (nSPS) is 12.1. The molecule has 3 heteroatoms. The van der Waals surface area contributed by atoms with Crippen molar-refractivity contribution in [2.24, 2.45) is 5.73 Å². The van der Waals surface area contributed by atoms with Crippen LogP contribution >= 0.6 is 0 Å². The number of amides is 1. The van der Waals surface area contributed by atoms with Gasteiger partial charge in [0.1, 0.15) is 0 Å². The first-order chi connectivity index (χ1) is 9.08. The van der Waals surface area contributed by atoms with Gasteiger partial charge in [-0.15, -0.1) is 0 Å². The zero-order valence-corrected chi connectivity index (χ0v) is 11.3. The topological polar surface area (TPSA) is 56.0 Å². The maximum atomic E-state index is 11.3. The standard InChI is InChI=1S/C16H18N2O/c1-11-8-12(2)16(18-10-11)14(9-15(17)19)13-6-4-3-5-7-13/h3-8,10,14H,9H2,1-2H3,(H2,17,19)/t14-/m0/s1. The van der Waals surface area contributed by atoms with Crippen LogP contribution in [0.15, 0.2) is 42.6 Å². The molecular weight excluding hydrogens is 236 g/mol. The quantitative estimate of drug-likeness (QED) is 0.912. The van der Waals surface area contributed by atoms with E-state index in [2.05, 4.69) is 11.1 Å². The average molecular weight is 254 g/mol. The van der Waals surface area contributed by atoms with Crippen LogP contribution in [-0.2, 0) is 4.79 Å². The number of benzene rings is 1. The zero-order valence-electron chi connectivity index (χ0n) is 11.3. The summed E-state index contributed by atoms with van der Waals surface area (Å²) in [6, 6.07) is 12.0. The average Bonchev–Trinajstić information content (AvgIpc) is 2.37. The molecule has 2 aromatic rings. The third kappa shape index (κ3) is 3.19. The molecule has 1 aromatic carbocycles. The highest BCUT2D eigenvalue weighted by Crippen LogP contribution is 2.28. The molecule has 1 atom stereocenters. The van der Waals surface area contributed by atoms with Gasteiger partial charge in [-0.2, -0.15) is 0 Å². The molecule has 0 spiro atoms. The lowest BCUT2D eigenvalue weighted by Crippen LogP contribution is -2.17. The van der Waals surface area contributed by atoms with Crippen molar-refractivity contribution < 1.29 is 4.79 Å². The Hall–Kier alpha value is -2.16. The summed E-state index contributed by atoms with van der Waals surface area (Å²) in [5, 5.41) is 0. The number of hydrogen-bond donors (Lipinski definition) is 1. The van der Waals surface area contributed by atoms with Gasteiger partial charge in [0.2, 0.25) is 5.91 Å². The SMILES string of the molecule is Cc1cnc([C@@H](CC(N)=O)c2ccccc2)c(C)c1. The molecule has 1 aromatic heterocycles. The van der Waals surface area contributed by atoms with Crippen LogP contribution in [0.1, 0.15) is 34.7 Å². The lowest BCUT2D eigenvalue weighted by molar-refractivity contribution is -0.118. The minimum absolute atomic E-state index is 0.0701. The summed E-state index contributed by atoms with van der Waals surface area (Å²) in [5.41, 5.74) is 9.59. The molecule has 98 valence electrons. The van der Waals surface area contributed by atoms with Crippen molar-refractivity contribution in [1.29, 1.82) is 0 Å². The number of rotatable bonds is 4. The van der Waals surface area contributed by atoms with Crippen LogP contribution in [0.5, 0.6) is 0 Å². The minimum Gasteiger partial charge on any atom is -0.370 e. The van der Waals surface area contributed by atoms with Crippen molar-refractivity contribution in [1.82, 2.24) is 4.98 Å². The van der Waals surface area contributed by atoms with Crippen molar-refractivity contribution in [3.05, 3.63) is 65.0 Å². The van der Waals surface area contributed by atoms with Gasteiger partial charge in [-0.05, 0) is 30.5 Å². The molecule has 0 bridgehead atoms. The molecular formula is C16H18N2O. The number of carbonyl (C=O) groups excluding carboxylic acids is 1. The molecule has 0 aliphatic heterocycles. The van der Waals surface area contributed by atoms with Gasteiger partial charge in [-0.1, -0.05) is 36.4 Å². The van der Waals surface area contributed by atoms with Crippen molar-refractivity contribution in [2.75, 3.05) is 0 Å². The Kier molecular flexibility index (Phi) is 3.95. The molecule has 0 saturated carbocycles. The zero-order chi connectivity index (χ0) is 13.8. The molecule has 2 N–H and O–H groups in total. The number of pyridine rings is 1. The van der Waals surface area contributed by atoms with Gasteiger partial charge in [0.05, 0.1) is 5.69 Å². The Balaban J connectivity index is 2.46. The highest BCUT2D eigenvalue weighted by molar-refractivity contribution is 5.75. The van der Waals surface area contributed by atoms with Crippen LogP contribution in [-0.4, -0.2) is 10.9 Å². The molecule has 0 saturated heterocycles. The van der Waals surface area contributed by atoms with Gasteiger partial charge >= 0.3 is 0 Å². The molecule has 0 aliphatic rings. The van der Waals surface area contributed by atoms with E-state index >= 15 is 0 Å². The molecule has 0 fully saturated rings. The summed E-state index contributed by atoms with van der Waals surface area (Å²) in [5.74, 6) is -0.380. The van der Waals surface area contributed by atoms with E-state index in [1.165, 1.54) is 0 Å². The molecule has 2 rings (SSSR count). The Bertz CT molecular complexity index is 579. The molecule has 19 heavy (non-hydrogen) atoms. The van der Waals surface area contributed by atoms with Crippen LogP contribution < -0.4 is 5.73 Å². The molecule has 0 aliphatic carbocycles. The predicted octanol–water partition coefficient (Wildman–Crippen LogP) is 2.71. The number of aryl methyl sites for hydroxylation is 2. The van der Waals surface area contributed by atoms with Gasteiger partial charge in [-0.3, -0.25) is 9.78 Å². The van der Waals surface area contributed by atoms with Gasteiger partial charge in [0.15, 0.2) is 0 Å². The third-order valence-corrected chi connectivity index (χ3v) is 3.19. The summed E-state index contributed by atoms with van der Waals surface area (Å²) in [6.07, 6.45) is 2.11. The van der Waals surface area contributed by atoms with E-state index in [1.54, 1.807) is 0 Å². The molecule has 0 radical (unpaired) electrons. The maximum Gasteiger partial charge on any atom is 0.218 e. The molecule has 1 amide bonds. The van der Waals surface area contributed by atoms with E-state index in [1.807, 2.05) is 50.4 Å². The van der Waals surface area contributed by atoms with E-state index in [9.17, 15) is 4.79 Å². The van der Waals surface area contributed by atoms with Crippen LogP contribution in [0.2, 0.25) is 0 Å². The number of nitrogens with two attached hydrogens (primary N) is 1. The summed E-state index contributed by atoms with van der Waals surface area (Å²) in [4.78, 5) is 15.8. The third-order valence-electron chi connectivity index (χ3n) is 3.19. The Morgan fingerprint density at radius 3 is 2.53 bits per heavy atom. The highest BCUT2D eigenvalue weighted by Gasteiger charge is 2.19. The first-order valence-corrected chi connectivity index (χ1v) is 6.34. The second-order valence-corrected chi connectivity index (χ2v) is 4.85. The van der Waals surface area contributed by atoms with Crippen molar-refractivity contribution in [3.63, 3.8) is 0 Å². The fourth-order valence-electron chi connectivity index (χ4n) is 2.35. The first-order valence-electron chi connectivity index (χ1n) is 6.34. The maximum absolute atomic E-state index is 11.3. The highest BCUT2D eigenvalue weighted by atomic mass is 16.1. The van der Waals surface area contributed by atoms with Crippen LogP contribution in [0.3, 0.4) is 0 Å². The number of carbonyl (C=O) groups is 1. The van der Waals surface area contributed by atoms with Gasteiger partial charge < -0.3 is 5.73 Å². The van der Waals surface area contributed by atoms with Crippen LogP contribution in [0, 0.1) is 13.8 Å². The fraction of sp³-hybridized carbons (Fsp3) is 0.250. The van der Waals surface area contributed by atoms with Crippen molar-refractivity contribution >= 4 is 5.91 Å². The summed E-state index contributed by atoms with van der Waals surface area (Å²) < 4.78 is 0. The van der Waals surface area contributed by atoms with Gasteiger partial charge in [-0.25, -0.2) is 0 Å². The van der Waals surface area contributed by atoms with Crippen LogP contribution in [0.4, 0.5) is 0 Å². The Morgan fingerprint density at radius 2 is 1.95 bits per heavy atom. The van der Waals surface area contributed by atoms with E-state index in [-0.39, 0.29) is 18.2 Å². The lowest BCUT2D eigenvalue weighted by atomic mass is 9.89. The lowest BCUT2D eigenvalue weighted by Gasteiger charge is -2.17. The minimum atomic E-state index is -0.310. The van der Waals surface area contributed by atoms with E-state index in [0.717, 1.165) is 22.4 Å². The molecule has 0 unspecified atom stereocenters. The second-order valence-electron chi connectivity index (χ2n) is 4.85. The number of hydrogen-bond acceptors (Lipinski definition) is 2. The first kappa shape index (κ1) is 13.3. The monoisotopic (exact) mass is 254 g/mol. The van der Waals surface area contributed by atoms with E-state index < -0.39 is 0 Å². The molecule has 1 heterocycles. The molecule has 3 nitrogen and oxygen atoms in total. The summed E-state index contributed by atoms with van der Waals surface area (Å²) >= 11 is 0. The predicted molar refractivity (Wildman–Crippen MR) is 75.8 cm³/mol. The summed E-state index contributed by atoms with van der Waals surface area (Å²) in [7, 11) is 0.